The molecule has 0 aliphatic heterocycles. The minimum absolute atomic E-state index is 0.422. The Labute approximate surface area is 94.9 Å². The van der Waals surface area contributed by atoms with Gasteiger partial charge in [0, 0.05) is 5.39 Å². The predicted molar refractivity (Wildman–Crippen MR) is 64.1 cm³/mol. The molecule has 2 rings (SSSR count). The van der Waals surface area contributed by atoms with Crippen LogP contribution >= 0.6 is 0 Å². The fourth-order valence-electron chi connectivity index (χ4n) is 1.65. The highest BCUT2D eigenvalue weighted by molar-refractivity contribution is 7.89. The van der Waals surface area contributed by atoms with Gasteiger partial charge >= 0.3 is 0 Å². The largest absolute Gasteiger partial charge is 0.251 e. The van der Waals surface area contributed by atoms with Gasteiger partial charge in [0.25, 0.3) is 10.0 Å². The van der Waals surface area contributed by atoms with Gasteiger partial charge in [-0.15, -0.1) is 0 Å². The molecule has 16 heavy (non-hydrogen) atoms. The van der Waals surface area contributed by atoms with Crippen molar-refractivity contribution >= 4 is 20.9 Å². The van der Waals surface area contributed by atoms with Crippen molar-refractivity contribution in [3.05, 3.63) is 30.0 Å². The Kier molecular flexibility index (Phi) is 2.50. The molecule has 0 saturated carbocycles. The molecule has 0 spiro atoms. The molecule has 0 N–H and O–H groups in total. The van der Waals surface area contributed by atoms with Crippen LogP contribution in [0.15, 0.2) is 24.4 Å². The van der Waals surface area contributed by atoms with Crippen molar-refractivity contribution in [2.45, 2.75) is 19.8 Å². The minimum atomic E-state index is -3.31. The molecular weight excluding hydrogens is 224 g/mol. The van der Waals surface area contributed by atoms with Crippen molar-refractivity contribution in [3.63, 3.8) is 0 Å². The number of nitrogens with zero attached hydrogens (tertiary/aromatic N) is 2. The van der Waals surface area contributed by atoms with Crippen molar-refractivity contribution in [1.29, 1.82) is 0 Å². The first-order chi connectivity index (χ1) is 7.39. The third kappa shape index (κ3) is 1.82. The van der Waals surface area contributed by atoms with E-state index in [1.165, 1.54) is 5.56 Å². The molecule has 0 bridgehead atoms. The maximum absolute atomic E-state index is 11.4. The predicted octanol–water partition coefficient (Wildman–Crippen LogP) is 1.97. The Hall–Kier alpha value is -1.36. The van der Waals surface area contributed by atoms with E-state index in [0.29, 0.717) is 11.4 Å². The molecule has 0 unspecified atom stereocenters. The van der Waals surface area contributed by atoms with E-state index in [1.807, 2.05) is 12.1 Å². The van der Waals surface area contributed by atoms with Gasteiger partial charge in [-0.05, 0) is 23.6 Å². The molecule has 2 aromatic rings. The van der Waals surface area contributed by atoms with Crippen molar-refractivity contribution < 1.29 is 8.42 Å². The number of hydrogen-bond donors (Lipinski definition) is 0. The van der Waals surface area contributed by atoms with Crippen LogP contribution in [0.4, 0.5) is 0 Å². The molecule has 0 aliphatic carbocycles. The average molecular weight is 238 g/mol. The lowest BCUT2D eigenvalue weighted by molar-refractivity contribution is 0.588. The number of rotatable bonds is 2. The summed E-state index contributed by atoms with van der Waals surface area (Å²) < 4.78 is 23.9. The minimum Gasteiger partial charge on any atom is -0.205 e. The van der Waals surface area contributed by atoms with E-state index in [1.54, 1.807) is 12.3 Å². The van der Waals surface area contributed by atoms with Crippen molar-refractivity contribution in [1.82, 2.24) is 9.19 Å². The summed E-state index contributed by atoms with van der Waals surface area (Å²) in [6.07, 6.45) is 2.73. The van der Waals surface area contributed by atoms with Gasteiger partial charge in [0.2, 0.25) is 0 Å². The van der Waals surface area contributed by atoms with Crippen LogP contribution < -0.4 is 0 Å². The van der Waals surface area contributed by atoms with E-state index in [9.17, 15) is 8.42 Å². The van der Waals surface area contributed by atoms with E-state index in [0.717, 1.165) is 15.7 Å². The smallest absolute Gasteiger partial charge is 0.205 e. The lowest BCUT2D eigenvalue weighted by Crippen LogP contribution is -2.11. The molecule has 1 aromatic heterocycles. The molecule has 5 heteroatoms. The fraction of sp³-hybridized carbons (Fsp3) is 0.364. The maximum Gasteiger partial charge on any atom is 0.251 e. The summed E-state index contributed by atoms with van der Waals surface area (Å²) in [5.41, 5.74) is 1.81. The zero-order chi connectivity index (χ0) is 11.9. The van der Waals surface area contributed by atoms with Crippen molar-refractivity contribution in [2.75, 3.05) is 6.26 Å². The molecule has 0 atom stereocenters. The first-order valence-electron chi connectivity index (χ1n) is 5.08. The van der Waals surface area contributed by atoms with E-state index in [2.05, 4.69) is 18.9 Å². The zero-order valence-electron chi connectivity index (χ0n) is 9.51. The summed E-state index contributed by atoms with van der Waals surface area (Å²) in [6.45, 7) is 4.20. The summed E-state index contributed by atoms with van der Waals surface area (Å²) >= 11 is 0. The van der Waals surface area contributed by atoms with Crippen LogP contribution in [0.25, 0.3) is 10.9 Å². The standard InChI is InChI=1S/C11H14N2O2S/c1-8(2)9-4-5-11-10(6-9)7-12-13(11)16(3,14)15/h4-8H,1-3H3. The highest BCUT2D eigenvalue weighted by atomic mass is 32.2. The van der Waals surface area contributed by atoms with Crippen molar-refractivity contribution in [2.24, 2.45) is 0 Å². The lowest BCUT2D eigenvalue weighted by atomic mass is 10.0. The van der Waals surface area contributed by atoms with Crippen LogP contribution in [-0.2, 0) is 10.0 Å². The van der Waals surface area contributed by atoms with E-state index >= 15 is 0 Å². The first kappa shape index (κ1) is 11.1. The third-order valence-electron chi connectivity index (χ3n) is 2.54. The Balaban J connectivity index is 2.69. The van der Waals surface area contributed by atoms with Gasteiger partial charge in [-0.3, -0.25) is 0 Å². The van der Waals surface area contributed by atoms with Gasteiger partial charge in [0.15, 0.2) is 0 Å². The molecule has 0 fully saturated rings. The second-order valence-electron chi connectivity index (χ2n) is 4.22. The van der Waals surface area contributed by atoms with Gasteiger partial charge < -0.3 is 0 Å². The number of hydrogen-bond acceptors (Lipinski definition) is 3. The summed E-state index contributed by atoms with van der Waals surface area (Å²) in [4.78, 5) is 0. The molecule has 1 heterocycles. The molecule has 1 aromatic carbocycles. The van der Waals surface area contributed by atoms with Crippen LogP contribution in [0.5, 0.6) is 0 Å². The molecule has 0 amide bonds. The summed E-state index contributed by atoms with van der Waals surface area (Å²) in [5, 5.41) is 4.75. The zero-order valence-corrected chi connectivity index (χ0v) is 10.3. The molecule has 0 radical (unpaired) electrons. The van der Waals surface area contributed by atoms with Crippen LogP contribution in [0.2, 0.25) is 0 Å². The number of benzene rings is 1. The van der Waals surface area contributed by atoms with Crippen LogP contribution in [0.3, 0.4) is 0 Å². The van der Waals surface area contributed by atoms with E-state index in [4.69, 9.17) is 0 Å². The monoisotopic (exact) mass is 238 g/mol. The Bertz CT molecular complexity index is 626. The van der Waals surface area contributed by atoms with E-state index < -0.39 is 10.0 Å². The summed E-state index contributed by atoms with van der Waals surface area (Å²) in [5.74, 6) is 0.422. The van der Waals surface area contributed by atoms with Gasteiger partial charge in [-0.2, -0.15) is 9.19 Å². The quantitative estimate of drug-likeness (QED) is 0.803. The summed E-state index contributed by atoms with van der Waals surface area (Å²) in [6, 6.07) is 5.73. The van der Waals surface area contributed by atoms with Crippen LogP contribution in [0, 0.1) is 0 Å². The molecule has 0 aliphatic rings. The Morgan fingerprint density at radius 1 is 1.31 bits per heavy atom. The first-order valence-corrected chi connectivity index (χ1v) is 6.92. The molecule has 4 nitrogen and oxygen atoms in total. The number of aromatic nitrogens is 2. The highest BCUT2D eigenvalue weighted by Crippen LogP contribution is 2.21. The highest BCUT2D eigenvalue weighted by Gasteiger charge is 2.12. The van der Waals surface area contributed by atoms with Crippen molar-refractivity contribution in [3.8, 4) is 0 Å². The topological polar surface area (TPSA) is 52.0 Å². The number of fused-ring (bicyclic) bond motifs is 1. The lowest BCUT2D eigenvalue weighted by Gasteiger charge is -2.05. The van der Waals surface area contributed by atoms with Gasteiger partial charge in [-0.25, -0.2) is 8.42 Å². The normalized spacial score (nSPS) is 12.5. The second kappa shape index (κ2) is 3.59. The fourth-order valence-corrected chi connectivity index (χ4v) is 2.39. The Morgan fingerprint density at radius 2 is 2.00 bits per heavy atom. The second-order valence-corrected chi connectivity index (χ2v) is 6.04. The SMILES string of the molecule is CC(C)c1ccc2c(cnn2S(C)(=O)=O)c1. The van der Waals surface area contributed by atoms with Gasteiger partial charge in [0.1, 0.15) is 0 Å². The van der Waals surface area contributed by atoms with Crippen LogP contribution in [0.1, 0.15) is 25.3 Å². The van der Waals surface area contributed by atoms with Gasteiger partial charge in [0.05, 0.1) is 18.0 Å². The maximum atomic E-state index is 11.4. The van der Waals surface area contributed by atoms with Crippen LogP contribution in [-0.4, -0.2) is 23.9 Å². The molecule has 86 valence electrons. The van der Waals surface area contributed by atoms with Gasteiger partial charge in [-0.1, -0.05) is 19.9 Å². The van der Waals surface area contributed by atoms with E-state index in [-0.39, 0.29) is 0 Å². The molecule has 0 saturated heterocycles. The third-order valence-corrected chi connectivity index (χ3v) is 3.46. The molecular formula is C11H14N2O2S. The summed E-state index contributed by atoms with van der Waals surface area (Å²) in [7, 11) is -3.31. The Morgan fingerprint density at radius 3 is 2.56 bits per heavy atom. The average Bonchev–Trinajstić information content (AvgIpc) is 2.58.